The van der Waals surface area contributed by atoms with E-state index in [1.807, 2.05) is 94.4 Å². The molecule has 7 nitrogen and oxygen atoms in total. The number of carbonyl (C=O) groups is 2. The second kappa shape index (κ2) is 14.6. The van der Waals surface area contributed by atoms with Gasteiger partial charge in [-0.05, 0) is 74.6 Å². The summed E-state index contributed by atoms with van der Waals surface area (Å²) in [6.07, 6.45) is 1.93. The Morgan fingerprint density at radius 3 is 2.22 bits per heavy atom. The van der Waals surface area contributed by atoms with Crippen LogP contribution >= 0.6 is 15.9 Å². The maximum absolute atomic E-state index is 13.9. The summed E-state index contributed by atoms with van der Waals surface area (Å²) in [5.74, 6) is -0.431. The third kappa shape index (κ3) is 9.43. The SMILES string of the molecule is Cc1cccc(N(CCCC(=O)N(Cc2cccc(Br)c2)C(Cc2ccccc2)C(=O)NC(C)C)S(C)(=O)=O)c1C. The number of anilines is 1. The number of nitrogens with one attached hydrogen (secondary N) is 1. The van der Waals surface area contributed by atoms with Crippen LogP contribution in [0.5, 0.6) is 0 Å². The van der Waals surface area contributed by atoms with E-state index in [1.165, 1.54) is 10.6 Å². The average Bonchev–Trinajstić information content (AvgIpc) is 2.90. The minimum absolute atomic E-state index is 0.0884. The summed E-state index contributed by atoms with van der Waals surface area (Å²) >= 11 is 3.51. The van der Waals surface area contributed by atoms with Gasteiger partial charge in [0, 0.05) is 36.4 Å². The molecular weight excluding hydrogens is 602 g/mol. The van der Waals surface area contributed by atoms with Gasteiger partial charge in [-0.25, -0.2) is 8.42 Å². The summed E-state index contributed by atoms with van der Waals surface area (Å²) in [5.41, 5.74) is 4.32. The fraction of sp³-hybridized carbons (Fsp3) is 0.375. The van der Waals surface area contributed by atoms with Crippen LogP contribution in [-0.2, 0) is 32.6 Å². The first-order chi connectivity index (χ1) is 19.4. The Morgan fingerprint density at radius 2 is 1.59 bits per heavy atom. The largest absolute Gasteiger partial charge is 0.352 e. The van der Waals surface area contributed by atoms with Crippen molar-refractivity contribution in [1.82, 2.24) is 10.2 Å². The van der Waals surface area contributed by atoms with E-state index >= 15 is 0 Å². The third-order valence-electron chi connectivity index (χ3n) is 6.94. The zero-order chi connectivity index (χ0) is 30.2. The Labute approximate surface area is 253 Å². The van der Waals surface area contributed by atoms with Crippen molar-refractivity contribution in [3.63, 3.8) is 0 Å². The molecule has 1 N–H and O–H groups in total. The topological polar surface area (TPSA) is 86.8 Å². The number of sulfonamides is 1. The van der Waals surface area contributed by atoms with Gasteiger partial charge in [0.1, 0.15) is 6.04 Å². The predicted octanol–water partition coefficient (Wildman–Crippen LogP) is 5.78. The fourth-order valence-corrected chi connectivity index (χ4v) is 6.22. The number of hydrogen-bond acceptors (Lipinski definition) is 4. The Morgan fingerprint density at radius 1 is 0.927 bits per heavy atom. The van der Waals surface area contributed by atoms with Gasteiger partial charge in [0.2, 0.25) is 21.8 Å². The Balaban J connectivity index is 1.90. The van der Waals surface area contributed by atoms with Crippen molar-refractivity contribution in [2.24, 2.45) is 0 Å². The second-order valence-corrected chi connectivity index (χ2v) is 13.5. The number of carbonyl (C=O) groups excluding carboxylic acids is 2. The van der Waals surface area contributed by atoms with Gasteiger partial charge in [0.05, 0.1) is 11.9 Å². The zero-order valence-corrected chi connectivity index (χ0v) is 26.8. The predicted molar refractivity (Wildman–Crippen MR) is 169 cm³/mol. The molecule has 0 spiro atoms. The van der Waals surface area contributed by atoms with Crippen LogP contribution < -0.4 is 9.62 Å². The van der Waals surface area contributed by atoms with Crippen molar-refractivity contribution in [1.29, 1.82) is 0 Å². The first-order valence-corrected chi connectivity index (χ1v) is 16.4. The normalized spacial score (nSPS) is 12.2. The van der Waals surface area contributed by atoms with Gasteiger partial charge in [-0.15, -0.1) is 0 Å². The molecule has 3 rings (SSSR count). The number of amides is 2. The number of nitrogens with zero attached hydrogens (tertiary/aromatic N) is 2. The van der Waals surface area contributed by atoms with E-state index in [0.29, 0.717) is 18.5 Å². The standard InChI is InChI=1S/C32H40BrN3O4S/c1-23(2)34-32(38)30(21-26-13-7-6-8-14-26)35(22-27-15-10-16-28(33)20-27)31(37)18-11-19-36(41(5,39)40)29-17-9-12-24(3)25(29)4/h6-10,12-17,20,23,30H,11,18-19,21-22H2,1-5H3,(H,34,38). The van der Waals surface area contributed by atoms with E-state index in [-0.39, 0.29) is 37.4 Å². The molecule has 0 radical (unpaired) electrons. The van der Waals surface area contributed by atoms with Gasteiger partial charge < -0.3 is 10.2 Å². The van der Waals surface area contributed by atoms with Gasteiger partial charge in [-0.2, -0.15) is 0 Å². The molecule has 0 aliphatic carbocycles. The molecule has 3 aromatic rings. The molecule has 1 unspecified atom stereocenters. The van der Waals surface area contributed by atoms with Gasteiger partial charge in [0.25, 0.3) is 0 Å². The van der Waals surface area contributed by atoms with Crippen LogP contribution in [0.2, 0.25) is 0 Å². The maximum atomic E-state index is 13.9. The number of benzene rings is 3. The van der Waals surface area contributed by atoms with E-state index in [0.717, 1.165) is 26.7 Å². The highest BCUT2D eigenvalue weighted by molar-refractivity contribution is 9.10. The quantitative estimate of drug-likeness (QED) is 0.256. The van der Waals surface area contributed by atoms with Crippen LogP contribution in [-0.4, -0.2) is 50.0 Å². The maximum Gasteiger partial charge on any atom is 0.243 e. The molecule has 0 saturated heterocycles. The molecule has 0 bridgehead atoms. The van der Waals surface area contributed by atoms with Gasteiger partial charge in [-0.3, -0.25) is 13.9 Å². The first kappa shape index (κ1) is 32.3. The molecule has 0 fully saturated rings. The third-order valence-corrected chi connectivity index (χ3v) is 8.61. The van der Waals surface area contributed by atoms with Crippen LogP contribution in [0.1, 0.15) is 48.9 Å². The molecule has 2 amide bonds. The first-order valence-electron chi connectivity index (χ1n) is 13.8. The molecule has 0 aliphatic heterocycles. The molecule has 0 saturated carbocycles. The number of halogens is 1. The number of aryl methyl sites for hydroxylation is 1. The van der Waals surface area contributed by atoms with Crippen molar-refractivity contribution in [3.05, 3.63) is 99.5 Å². The fourth-order valence-electron chi connectivity index (χ4n) is 4.75. The highest BCUT2D eigenvalue weighted by Gasteiger charge is 2.31. The molecule has 0 aromatic heterocycles. The monoisotopic (exact) mass is 641 g/mol. The van der Waals surface area contributed by atoms with Crippen LogP contribution in [0, 0.1) is 13.8 Å². The summed E-state index contributed by atoms with van der Waals surface area (Å²) in [5, 5.41) is 2.99. The molecule has 3 aromatic carbocycles. The lowest BCUT2D eigenvalue weighted by atomic mass is 10.0. The molecule has 1 atom stereocenters. The highest BCUT2D eigenvalue weighted by Crippen LogP contribution is 2.26. The summed E-state index contributed by atoms with van der Waals surface area (Å²) in [7, 11) is -3.57. The molecule has 0 aliphatic rings. The zero-order valence-electron chi connectivity index (χ0n) is 24.4. The van der Waals surface area contributed by atoms with E-state index in [9.17, 15) is 18.0 Å². The van der Waals surface area contributed by atoms with Gasteiger partial charge >= 0.3 is 0 Å². The van der Waals surface area contributed by atoms with Crippen molar-refractivity contribution in [2.45, 2.75) is 65.6 Å². The molecule has 0 heterocycles. The Bertz CT molecular complexity index is 1440. The van der Waals surface area contributed by atoms with E-state index < -0.39 is 16.1 Å². The van der Waals surface area contributed by atoms with Crippen molar-refractivity contribution in [3.8, 4) is 0 Å². The van der Waals surface area contributed by atoms with E-state index in [4.69, 9.17) is 0 Å². The van der Waals surface area contributed by atoms with Gasteiger partial charge in [0.15, 0.2) is 0 Å². The lowest BCUT2D eigenvalue weighted by molar-refractivity contribution is -0.141. The van der Waals surface area contributed by atoms with Crippen molar-refractivity contribution >= 4 is 43.5 Å². The van der Waals surface area contributed by atoms with Crippen LogP contribution in [0.15, 0.2) is 77.3 Å². The summed E-state index contributed by atoms with van der Waals surface area (Å²) in [6.45, 7) is 8.03. The van der Waals surface area contributed by atoms with Crippen molar-refractivity contribution < 1.29 is 18.0 Å². The van der Waals surface area contributed by atoms with E-state index in [2.05, 4.69) is 21.2 Å². The highest BCUT2D eigenvalue weighted by atomic mass is 79.9. The van der Waals surface area contributed by atoms with Crippen LogP contribution in [0.25, 0.3) is 0 Å². The molecule has 9 heteroatoms. The number of hydrogen-bond donors (Lipinski definition) is 1. The average molecular weight is 643 g/mol. The smallest absolute Gasteiger partial charge is 0.243 e. The lowest BCUT2D eigenvalue weighted by Crippen LogP contribution is -2.51. The number of rotatable bonds is 13. The molecular formula is C32H40BrN3O4S. The lowest BCUT2D eigenvalue weighted by Gasteiger charge is -2.32. The molecule has 41 heavy (non-hydrogen) atoms. The minimum atomic E-state index is -3.57. The Kier molecular flexibility index (Phi) is 11.5. The Hall–Kier alpha value is -3.17. The van der Waals surface area contributed by atoms with Crippen LogP contribution in [0.4, 0.5) is 5.69 Å². The van der Waals surface area contributed by atoms with Gasteiger partial charge in [-0.1, -0.05) is 70.5 Å². The molecule has 220 valence electrons. The summed E-state index contributed by atoms with van der Waals surface area (Å²) in [6, 6.07) is 22.1. The van der Waals surface area contributed by atoms with Crippen LogP contribution in [0.3, 0.4) is 0 Å². The summed E-state index contributed by atoms with van der Waals surface area (Å²) in [4.78, 5) is 29.1. The second-order valence-electron chi connectivity index (χ2n) is 10.7. The minimum Gasteiger partial charge on any atom is -0.352 e. The van der Waals surface area contributed by atoms with E-state index in [1.54, 1.807) is 11.0 Å². The van der Waals surface area contributed by atoms with Crippen molar-refractivity contribution in [2.75, 3.05) is 17.1 Å². The summed E-state index contributed by atoms with van der Waals surface area (Å²) < 4.78 is 27.8.